The first-order chi connectivity index (χ1) is 7.72. The Morgan fingerprint density at radius 1 is 1.38 bits per heavy atom. The number of hydrogen-bond donors (Lipinski definition) is 1. The third kappa shape index (κ3) is 2.97. The molecule has 0 radical (unpaired) electrons. The molecular weight excluding hydrogens is 208 g/mol. The first-order valence-electron chi connectivity index (χ1n) is 5.05. The molecule has 0 saturated carbocycles. The molecule has 0 aliphatic heterocycles. The fraction of sp³-hybridized carbons (Fsp3) is 0.417. The van der Waals surface area contributed by atoms with Gasteiger partial charge in [-0.3, -0.25) is 4.79 Å². The predicted molar refractivity (Wildman–Crippen MR) is 59.3 cm³/mol. The van der Waals surface area contributed by atoms with Gasteiger partial charge in [0.25, 0.3) is 0 Å². The van der Waals surface area contributed by atoms with E-state index >= 15 is 0 Å². The summed E-state index contributed by atoms with van der Waals surface area (Å²) in [6, 6.07) is 5.44. The van der Waals surface area contributed by atoms with E-state index in [1.165, 1.54) is 7.11 Å². The summed E-state index contributed by atoms with van der Waals surface area (Å²) in [6.07, 6.45) is 0.788. The summed E-state index contributed by atoms with van der Waals surface area (Å²) in [4.78, 5) is 11.1. The highest BCUT2D eigenvalue weighted by molar-refractivity contribution is 5.69. The van der Waals surface area contributed by atoms with Crippen molar-refractivity contribution in [2.24, 2.45) is 0 Å². The lowest BCUT2D eigenvalue weighted by atomic mass is 10.0. The number of aliphatic hydroxyl groups excluding tert-OH is 1. The summed E-state index contributed by atoms with van der Waals surface area (Å²) >= 11 is 0. The summed E-state index contributed by atoms with van der Waals surface area (Å²) in [6.45, 7) is -0.0618. The second kappa shape index (κ2) is 6.12. The number of carbonyl (C=O) groups is 1. The van der Waals surface area contributed by atoms with Gasteiger partial charge in [0, 0.05) is 12.0 Å². The van der Waals surface area contributed by atoms with E-state index in [9.17, 15) is 9.90 Å². The van der Waals surface area contributed by atoms with Gasteiger partial charge in [-0.15, -0.1) is 0 Å². The van der Waals surface area contributed by atoms with Gasteiger partial charge in [-0.2, -0.15) is 0 Å². The Morgan fingerprint density at radius 3 is 2.69 bits per heavy atom. The molecule has 4 nitrogen and oxygen atoms in total. The summed E-state index contributed by atoms with van der Waals surface area (Å²) in [5.41, 5.74) is 1.64. The number of hydrogen-bond acceptors (Lipinski definition) is 4. The minimum absolute atomic E-state index is 0.0618. The van der Waals surface area contributed by atoms with Crippen molar-refractivity contribution in [2.75, 3.05) is 14.2 Å². The normalized spacial score (nSPS) is 9.94. The zero-order valence-corrected chi connectivity index (χ0v) is 9.53. The molecule has 1 rings (SSSR count). The van der Waals surface area contributed by atoms with Gasteiger partial charge < -0.3 is 14.6 Å². The second-order valence-corrected chi connectivity index (χ2v) is 3.33. The second-order valence-electron chi connectivity index (χ2n) is 3.33. The molecule has 0 fully saturated rings. The van der Waals surface area contributed by atoms with Crippen LogP contribution in [0.2, 0.25) is 0 Å². The molecule has 0 spiro atoms. The lowest BCUT2D eigenvalue weighted by Gasteiger charge is -2.11. The van der Waals surface area contributed by atoms with Crippen LogP contribution in [0.3, 0.4) is 0 Å². The topological polar surface area (TPSA) is 55.8 Å². The van der Waals surface area contributed by atoms with Gasteiger partial charge in [-0.1, -0.05) is 12.1 Å². The van der Waals surface area contributed by atoms with E-state index in [0.717, 1.165) is 11.1 Å². The van der Waals surface area contributed by atoms with Gasteiger partial charge in [0.1, 0.15) is 5.75 Å². The van der Waals surface area contributed by atoms with Crippen molar-refractivity contribution in [3.05, 3.63) is 29.3 Å². The average Bonchev–Trinajstić information content (AvgIpc) is 2.35. The van der Waals surface area contributed by atoms with Crippen molar-refractivity contribution in [3.8, 4) is 5.75 Å². The number of benzene rings is 1. The summed E-state index contributed by atoms with van der Waals surface area (Å²) in [7, 11) is 2.93. The highest BCUT2D eigenvalue weighted by Gasteiger charge is 2.10. The fourth-order valence-corrected chi connectivity index (χ4v) is 1.56. The van der Waals surface area contributed by atoms with Crippen molar-refractivity contribution in [2.45, 2.75) is 19.4 Å². The Morgan fingerprint density at radius 2 is 2.12 bits per heavy atom. The number of methoxy groups -OCH3 is 2. The fourth-order valence-electron chi connectivity index (χ4n) is 1.56. The maximum Gasteiger partial charge on any atom is 0.305 e. The van der Waals surface area contributed by atoms with Gasteiger partial charge in [-0.05, 0) is 18.1 Å². The van der Waals surface area contributed by atoms with Crippen LogP contribution in [0.15, 0.2) is 18.2 Å². The van der Waals surface area contributed by atoms with E-state index in [-0.39, 0.29) is 19.0 Å². The van der Waals surface area contributed by atoms with Crippen molar-refractivity contribution in [3.63, 3.8) is 0 Å². The maximum absolute atomic E-state index is 11.1. The molecular formula is C12H16O4. The number of ether oxygens (including phenoxy) is 2. The Bertz CT molecular complexity index is 338. The van der Waals surface area contributed by atoms with Crippen LogP contribution in [0.1, 0.15) is 17.5 Å². The number of aliphatic hydroxyl groups is 1. The van der Waals surface area contributed by atoms with Crippen molar-refractivity contribution < 1.29 is 19.4 Å². The highest BCUT2D eigenvalue weighted by atomic mass is 16.5. The first-order valence-corrected chi connectivity index (χ1v) is 5.05. The van der Waals surface area contributed by atoms with Crippen LogP contribution >= 0.6 is 0 Å². The quantitative estimate of drug-likeness (QED) is 0.766. The van der Waals surface area contributed by atoms with E-state index in [1.807, 2.05) is 18.2 Å². The third-order valence-electron chi connectivity index (χ3n) is 2.43. The zero-order chi connectivity index (χ0) is 12.0. The Balaban J connectivity index is 2.86. The highest BCUT2D eigenvalue weighted by Crippen LogP contribution is 2.23. The van der Waals surface area contributed by atoms with E-state index in [2.05, 4.69) is 4.74 Å². The van der Waals surface area contributed by atoms with E-state index in [0.29, 0.717) is 12.2 Å². The minimum atomic E-state index is -0.269. The van der Waals surface area contributed by atoms with Gasteiger partial charge in [0.15, 0.2) is 0 Å². The molecule has 16 heavy (non-hydrogen) atoms. The van der Waals surface area contributed by atoms with E-state index < -0.39 is 0 Å². The van der Waals surface area contributed by atoms with E-state index in [4.69, 9.17) is 4.74 Å². The average molecular weight is 224 g/mol. The molecule has 1 aromatic carbocycles. The Kier molecular flexibility index (Phi) is 4.79. The zero-order valence-electron chi connectivity index (χ0n) is 9.53. The van der Waals surface area contributed by atoms with Gasteiger partial charge in [-0.25, -0.2) is 0 Å². The lowest BCUT2D eigenvalue weighted by molar-refractivity contribution is -0.140. The summed E-state index contributed by atoms with van der Waals surface area (Å²) in [5, 5.41) is 9.19. The van der Waals surface area contributed by atoms with Crippen LogP contribution in [0.25, 0.3) is 0 Å². The molecule has 0 heterocycles. The van der Waals surface area contributed by atoms with Crippen molar-refractivity contribution in [1.82, 2.24) is 0 Å². The number of esters is 1. The largest absolute Gasteiger partial charge is 0.496 e. The SMILES string of the molecule is COC(=O)CCc1c(CO)cccc1OC. The lowest BCUT2D eigenvalue weighted by Crippen LogP contribution is -2.05. The molecule has 0 bridgehead atoms. The molecule has 1 N–H and O–H groups in total. The van der Waals surface area contributed by atoms with Crippen LogP contribution in [0.4, 0.5) is 0 Å². The molecule has 0 aliphatic rings. The van der Waals surface area contributed by atoms with Crippen LogP contribution in [0.5, 0.6) is 5.75 Å². The van der Waals surface area contributed by atoms with Crippen LogP contribution < -0.4 is 4.74 Å². The summed E-state index contributed by atoms with van der Waals surface area (Å²) in [5.74, 6) is 0.422. The molecule has 0 aromatic heterocycles. The van der Waals surface area contributed by atoms with Crippen LogP contribution in [-0.4, -0.2) is 25.3 Å². The van der Waals surface area contributed by atoms with Crippen molar-refractivity contribution >= 4 is 5.97 Å². The van der Waals surface area contributed by atoms with Gasteiger partial charge >= 0.3 is 5.97 Å². The van der Waals surface area contributed by atoms with Crippen molar-refractivity contribution in [1.29, 1.82) is 0 Å². The van der Waals surface area contributed by atoms with Crippen LogP contribution in [-0.2, 0) is 22.6 Å². The predicted octanol–water partition coefficient (Wildman–Crippen LogP) is 1.29. The smallest absolute Gasteiger partial charge is 0.305 e. The number of rotatable bonds is 5. The first kappa shape index (κ1) is 12.5. The van der Waals surface area contributed by atoms with Crippen LogP contribution in [0, 0.1) is 0 Å². The molecule has 0 aliphatic carbocycles. The van der Waals surface area contributed by atoms with Gasteiger partial charge in [0.05, 0.1) is 20.8 Å². The number of carbonyl (C=O) groups excluding carboxylic acids is 1. The molecule has 0 saturated heterocycles. The molecule has 4 heteroatoms. The minimum Gasteiger partial charge on any atom is -0.496 e. The third-order valence-corrected chi connectivity index (χ3v) is 2.43. The van der Waals surface area contributed by atoms with Gasteiger partial charge in [0.2, 0.25) is 0 Å². The standard InChI is InChI=1S/C12H16O4/c1-15-11-5-3-4-9(8-13)10(11)6-7-12(14)16-2/h3-5,13H,6-8H2,1-2H3. The maximum atomic E-state index is 11.1. The monoisotopic (exact) mass is 224 g/mol. The molecule has 0 unspecified atom stereocenters. The Labute approximate surface area is 94.8 Å². The molecule has 0 amide bonds. The molecule has 88 valence electrons. The Hall–Kier alpha value is -1.55. The summed E-state index contributed by atoms with van der Waals surface area (Å²) < 4.78 is 9.77. The van der Waals surface area contributed by atoms with E-state index in [1.54, 1.807) is 7.11 Å². The molecule has 0 atom stereocenters. The molecule has 1 aromatic rings.